The van der Waals surface area contributed by atoms with Gasteiger partial charge in [0.15, 0.2) is 0 Å². The van der Waals surface area contributed by atoms with E-state index in [9.17, 15) is 0 Å². The molecule has 0 radical (unpaired) electrons. The Morgan fingerprint density at radius 1 is 0.486 bits per heavy atom. The van der Waals surface area contributed by atoms with E-state index in [1.165, 1.54) is 0 Å². The minimum Gasteiger partial charge on any atom is -0.709 e. The van der Waals surface area contributed by atoms with Gasteiger partial charge in [-0.05, 0) is 30.7 Å². The van der Waals surface area contributed by atoms with E-state index in [0.717, 1.165) is 16.7 Å². The monoisotopic (exact) mass is 732 g/mol. The third kappa shape index (κ3) is 25.6. The van der Waals surface area contributed by atoms with Gasteiger partial charge in [0.05, 0.1) is 19.8 Å². The molecule has 3 aromatic rings. The van der Waals surface area contributed by atoms with E-state index in [4.69, 9.17) is 85.7 Å². The van der Waals surface area contributed by atoms with Gasteiger partial charge in [0.2, 0.25) is 0 Å². The Bertz CT molecular complexity index is 999. The van der Waals surface area contributed by atoms with Crippen LogP contribution in [-0.2, 0) is 106 Å². The minimum atomic E-state index is -2.22. The van der Waals surface area contributed by atoms with E-state index in [2.05, 4.69) is 36.7 Å². The van der Waals surface area contributed by atoms with E-state index in [0.29, 0.717) is 19.8 Å². The van der Waals surface area contributed by atoms with E-state index in [1.807, 2.05) is 91.0 Å². The van der Waals surface area contributed by atoms with Crippen LogP contribution in [0.5, 0.6) is 0 Å². The summed E-state index contributed by atoms with van der Waals surface area (Å²) in [6.45, 7) is 1.39. The van der Waals surface area contributed by atoms with Crippen LogP contribution in [0.4, 0.5) is 0 Å². The zero-order valence-corrected chi connectivity index (χ0v) is 30.6. The predicted octanol–water partition coefficient (Wildman–Crippen LogP) is 8.33. The van der Waals surface area contributed by atoms with Crippen molar-refractivity contribution in [3.63, 3.8) is 0 Å². The summed E-state index contributed by atoms with van der Waals surface area (Å²) >= 11 is 41.1. The van der Waals surface area contributed by atoms with Gasteiger partial charge in [0.1, 0.15) is 0 Å². The molecule has 0 saturated carbocycles. The molecular formula is C21H24AlO3P3S9. The van der Waals surface area contributed by atoms with Crippen LogP contribution in [0, 0.1) is 0 Å². The van der Waals surface area contributed by atoms with Gasteiger partial charge >= 0.3 is 17.4 Å². The molecule has 0 bridgehead atoms. The zero-order chi connectivity index (χ0) is 27.1. The molecule has 0 aliphatic rings. The second kappa shape index (κ2) is 20.9. The van der Waals surface area contributed by atoms with Crippen LogP contribution in [0.2, 0.25) is 0 Å². The van der Waals surface area contributed by atoms with E-state index >= 15 is 0 Å². The van der Waals surface area contributed by atoms with Crippen LogP contribution in [0.15, 0.2) is 91.0 Å². The molecule has 0 aliphatic carbocycles. The molecule has 37 heavy (non-hydrogen) atoms. The fraction of sp³-hybridized carbons (Fsp3) is 0.143. The van der Waals surface area contributed by atoms with Gasteiger partial charge in [0.25, 0.3) is 0 Å². The summed E-state index contributed by atoms with van der Waals surface area (Å²) in [5.74, 6) is 0. The number of hydrogen-bond donors (Lipinski definition) is 3. The van der Waals surface area contributed by atoms with Gasteiger partial charge in [-0.3, -0.25) is 0 Å². The minimum absolute atomic E-state index is 0. The Morgan fingerprint density at radius 3 is 0.838 bits per heavy atom. The molecule has 3 atom stereocenters. The number of benzene rings is 3. The molecule has 0 amide bonds. The maximum atomic E-state index is 5.22. The Hall–Kier alpha value is 2.12. The van der Waals surface area contributed by atoms with Crippen LogP contribution in [0.25, 0.3) is 0 Å². The average Bonchev–Trinajstić information content (AvgIpc) is 2.82. The number of hydrogen-bond acceptors (Lipinski definition) is 9. The van der Waals surface area contributed by atoms with Gasteiger partial charge < -0.3 is 50.3 Å². The summed E-state index contributed by atoms with van der Waals surface area (Å²) in [5.41, 5.74) is 3.22. The Morgan fingerprint density at radius 2 is 0.676 bits per heavy atom. The molecule has 3 rings (SSSR count). The third-order valence-corrected chi connectivity index (χ3v) is 8.01. The summed E-state index contributed by atoms with van der Waals surface area (Å²) in [5, 5.41) is 0. The molecular weight excluding hydrogens is 709 g/mol. The van der Waals surface area contributed by atoms with Gasteiger partial charge in [-0.1, -0.05) is 126 Å². The van der Waals surface area contributed by atoms with Crippen molar-refractivity contribution < 1.29 is 13.6 Å². The number of rotatable bonds is 9. The van der Waals surface area contributed by atoms with Crippen molar-refractivity contribution in [1.82, 2.24) is 0 Å². The Balaban J connectivity index is 0.000000518. The first-order valence-electron chi connectivity index (χ1n) is 9.90. The Labute approximate surface area is 278 Å². The largest absolute Gasteiger partial charge is 3.00 e. The quantitative estimate of drug-likeness (QED) is 0.0870. The molecule has 0 N–H and O–H groups in total. The first kappa shape index (κ1) is 39.1. The zero-order valence-electron chi connectivity index (χ0n) is 19.2. The molecule has 3 nitrogen and oxygen atoms in total. The van der Waals surface area contributed by atoms with Crippen molar-refractivity contribution >= 4 is 140 Å². The van der Waals surface area contributed by atoms with Gasteiger partial charge in [-0.25, -0.2) is 0 Å². The van der Waals surface area contributed by atoms with Crippen LogP contribution < -0.4 is 0 Å². The topological polar surface area (TPSA) is 27.7 Å². The van der Waals surface area contributed by atoms with Crippen molar-refractivity contribution in [3.8, 4) is 0 Å². The van der Waals surface area contributed by atoms with Crippen LogP contribution in [-0.4, -0.2) is 17.4 Å². The second-order valence-corrected chi connectivity index (χ2v) is 31.5. The summed E-state index contributed by atoms with van der Waals surface area (Å²) in [6.07, 6.45) is 0. The van der Waals surface area contributed by atoms with Crippen molar-refractivity contribution in [3.05, 3.63) is 108 Å². The van der Waals surface area contributed by atoms with Crippen molar-refractivity contribution in [2.45, 2.75) is 19.8 Å². The molecule has 0 heterocycles. The molecule has 0 aliphatic heterocycles. The molecule has 16 heteroatoms. The molecule has 3 aromatic carbocycles. The normalized spacial score (nSPS) is 15.1. The fourth-order valence-electron chi connectivity index (χ4n) is 2.19. The SMILES string of the molecule is S=P([S-])(S)OCc1ccccc1.S=P([S-])(S)OCc1ccccc1.S=P([S-])(S)OCc1ccccc1.[Al+3]. The van der Waals surface area contributed by atoms with E-state index in [1.54, 1.807) is 0 Å². The molecule has 198 valence electrons. The molecule has 0 saturated heterocycles. The first-order valence-corrected chi connectivity index (χ1v) is 24.6. The van der Waals surface area contributed by atoms with Crippen molar-refractivity contribution in [2.24, 2.45) is 0 Å². The standard InChI is InChI=1S/3C7H9OPS3.Al/c3*10-9(11,12)8-6-7-4-2-1-3-5-7;/h3*1-5H,6H2,(H2,10,11,12);/q;;;+3/p-3. The van der Waals surface area contributed by atoms with Gasteiger partial charge in [-0.2, -0.15) is 0 Å². The Kier molecular flexibility index (Phi) is 22.1. The van der Waals surface area contributed by atoms with Crippen LogP contribution >= 0.6 is 50.8 Å². The maximum absolute atomic E-state index is 5.22. The molecule has 0 spiro atoms. The summed E-state index contributed by atoms with van der Waals surface area (Å²) < 4.78 is 9.00. The van der Waals surface area contributed by atoms with Gasteiger partial charge in [-0.15, -0.1) is 36.7 Å². The fourth-order valence-corrected chi connectivity index (χ4v) is 4.60. The maximum Gasteiger partial charge on any atom is 3.00 e. The summed E-state index contributed by atoms with van der Waals surface area (Å²) in [7, 11) is 0. The predicted molar refractivity (Wildman–Crippen MR) is 191 cm³/mol. The molecule has 3 unspecified atom stereocenters. The van der Waals surface area contributed by atoms with Crippen molar-refractivity contribution in [1.29, 1.82) is 0 Å². The van der Waals surface area contributed by atoms with E-state index in [-0.39, 0.29) is 17.4 Å². The number of thiol groups is 3. The van der Waals surface area contributed by atoms with Gasteiger partial charge in [0, 0.05) is 0 Å². The van der Waals surface area contributed by atoms with Crippen LogP contribution in [0.3, 0.4) is 0 Å². The third-order valence-electron chi connectivity index (χ3n) is 3.71. The average molecular weight is 733 g/mol. The first-order chi connectivity index (χ1) is 16.7. The summed E-state index contributed by atoms with van der Waals surface area (Å²) in [6, 6.07) is 29.3. The van der Waals surface area contributed by atoms with Crippen LogP contribution in [0.1, 0.15) is 16.7 Å². The summed E-state index contributed by atoms with van der Waals surface area (Å²) in [4.78, 5) is 0. The molecule has 0 aromatic heterocycles. The second-order valence-electron chi connectivity index (χ2n) is 6.68. The smallest absolute Gasteiger partial charge is 0.709 e. The van der Waals surface area contributed by atoms with E-state index < -0.39 is 14.0 Å². The van der Waals surface area contributed by atoms with Crippen molar-refractivity contribution in [2.75, 3.05) is 0 Å². The molecule has 0 fully saturated rings.